The molecule has 1 atom stereocenters. The number of halogens is 3. The van der Waals surface area contributed by atoms with Crippen LogP contribution in [-0.2, 0) is 19.1 Å². The molecule has 0 N–H and O–H groups in total. The number of nitrogens with zero attached hydrogens (tertiary/aromatic N) is 6. The Morgan fingerprint density at radius 3 is 2.63 bits per heavy atom. The van der Waals surface area contributed by atoms with Crippen LogP contribution in [0.1, 0.15) is 48.3 Å². The number of aryl methyl sites for hydroxylation is 1. The van der Waals surface area contributed by atoms with Crippen molar-refractivity contribution in [3.05, 3.63) is 47.2 Å². The van der Waals surface area contributed by atoms with Crippen molar-refractivity contribution in [3.8, 4) is 6.01 Å². The van der Waals surface area contributed by atoms with Gasteiger partial charge < -0.3 is 4.74 Å². The van der Waals surface area contributed by atoms with Gasteiger partial charge >= 0.3 is 12.2 Å². The van der Waals surface area contributed by atoms with Gasteiger partial charge in [0.1, 0.15) is 5.69 Å². The van der Waals surface area contributed by atoms with Crippen LogP contribution in [0.15, 0.2) is 24.5 Å². The van der Waals surface area contributed by atoms with Gasteiger partial charge in [-0.25, -0.2) is 19.5 Å². The minimum absolute atomic E-state index is 0.0470. The highest BCUT2D eigenvalue weighted by Crippen LogP contribution is 2.32. The van der Waals surface area contributed by atoms with Gasteiger partial charge in [-0.1, -0.05) is 6.92 Å². The lowest BCUT2D eigenvalue weighted by Gasteiger charge is -2.31. The fourth-order valence-electron chi connectivity index (χ4n) is 3.86. The van der Waals surface area contributed by atoms with E-state index in [2.05, 4.69) is 25.0 Å². The molecule has 0 bridgehead atoms. The van der Waals surface area contributed by atoms with Crippen molar-refractivity contribution in [3.63, 3.8) is 0 Å². The standard InChI is InChI=1S/C20H23F3N6O/c1-3-15-7-17(20(21,22)23)29-18(26-15)8-16(27-29)14-5-4-6-28(12-14)11-13-9-24-19(30-2)25-10-13/h7-10,14H,3-6,11-12H2,1-2H3/t14-/m0/s1. The SMILES string of the molecule is CCc1cc(C(F)(F)F)n2nc([C@H]3CCCN(Cc4cnc(OC)nc4)C3)cc2n1. The zero-order valence-corrected chi connectivity index (χ0v) is 16.9. The Hall–Kier alpha value is -2.75. The molecule has 0 amide bonds. The van der Waals surface area contributed by atoms with Crippen molar-refractivity contribution >= 4 is 5.65 Å². The molecule has 1 aliphatic heterocycles. The summed E-state index contributed by atoms with van der Waals surface area (Å²) in [6.07, 6.45) is 1.22. The van der Waals surface area contributed by atoms with Crippen LogP contribution < -0.4 is 4.74 Å². The lowest BCUT2D eigenvalue weighted by atomic mass is 9.94. The topological polar surface area (TPSA) is 68.4 Å². The normalized spacial score (nSPS) is 18.1. The molecule has 0 saturated carbocycles. The number of rotatable bonds is 5. The zero-order valence-electron chi connectivity index (χ0n) is 16.9. The van der Waals surface area contributed by atoms with Crippen LogP contribution in [0.4, 0.5) is 13.2 Å². The summed E-state index contributed by atoms with van der Waals surface area (Å²) in [4.78, 5) is 14.8. The van der Waals surface area contributed by atoms with Gasteiger partial charge in [0, 0.05) is 48.7 Å². The van der Waals surface area contributed by atoms with E-state index in [1.165, 1.54) is 7.11 Å². The molecule has 0 unspecified atom stereocenters. The molecule has 1 saturated heterocycles. The summed E-state index contributed by atoms with van der Waals surface area (Å²) in [6.45, 7) is 4.07. The maximum absolute atomic E-state index is 13.5. The number of alkyl halides is 3. The van der Waals surface area contributed by atoms with Gasteiger partial charge in [-0.3, -0.25) is 4.90 Å². The summed E-state index contributed by atoms with van der Waals surface area (Å²) in [5.74, 6) is 0.0470. The molecule has 4 rings (SSSR count). The van der Waals surface area contributed by atoms with Crippen molar-refractivity contribution in [2.75, 3.05) is 20.2 Å². The van der Waals surface area contributed by atoms with Gasteiger partial charge in [-0.05, 0) is 31.9 Å². The highest BCUT2D eigenvalue weighted by atomic mass is 19.4. The van der Waals surface area contributed by atoms with E-state index in [4.69, 9.17) is 4.74 Å². The summed E-state index contributed by atoms with van der Waals surface area (Å²) in [6, 6.07) is 3.10. The molecule has 0 spiro atoms. The van der Waals surface area contributed by atoms with Gasteiger partial charge in [0.25, 0.3) is 0 Å². The third-order valence-electron chi connectivity index (χ3n) is 5.35. The van der Waals surface area contributed by atoms with Gasteiger partial charge in [0.05, 0.1) is 12.8 Å². The molecule has 1 fully saturated rings. The zero-order chi connectivity index (χ0) is 21.3. The molecule has 10 heteroatoms. The first-order valence-corrected chi connectivity index (χ1v) is 9.91. The minimum Gasteiger partial charge on any atom is -0.467 e. The van der Waals surface area contributed by atoms with Gasteiger partial charge in [0.2, 0.25) is 0 Å². The third-order valence-corrected chi connectivity index (χ3v) is 5.35. The van der Waals surface area contributed by atoms with Gasteiger partial charge in [-0.2, -0.15) is 18.3 Å². The van der Waals surface area contributed by atoms with Crippen LogP contribution >= 0.6 is 0 Å². The molecule has 3 aromatic heterocycles. The summed E-state index contributed by atoms with van der Waals surface area (Å²) in [7, 11) is 1.52. The molecular weight excluding hydrogens is 397 g/mol. The molecule has 4 heterocycles. The second-order valence-corrected chi connectivity index (χ2v) is 7.48. The highest BCUT2D eigenvalue weighted by molar-refractivity contribution is 5.43. The number of likely N-dealkylation sites (tertiary alicyclic amines) is 1. The lowest BCUT2D eigenvalue weighted by molar-refractivity contribution is -0.142. The Labute approximate surface area is 171 Å². The van der Waals surface area contributed by atoms with E-state index >= 15 is 0 Å². The number of hydrogen-bond acceptors (Lipinski definition) is 6. The van der Waals surface area contributed by atoms with Crippen molar-refractivity contribution in [1.29, 1.82) is 0 Å². The monoisotopic (exact) mass is 420 g/mol. The number of fused-ring (bicyclic) bond motifs is 1. The Morgan fingerprint density at radius 2 is 1.97 bits per heavy atom. The summed E-state index contributed by atoms with van der Waals surface area (Å²) >= 11 is 0. The highest BCUT2D eigenvalue weighted by Gasteiger charge is 2.35. The van der Waals surface area contributed by atoms with Crippen LogP contribution in [0.5, 0.6) is 6.01 Å². The van der Waals surface area contributed by atoms with Crippen molar-refractivity contribution in [1.82, 2.24) is 29.5 Å². The molecule has 7 nitrogen and oxygen atoms in total. The predicted octanol–water partition coefficient (Wildman–Crippen LogP) is 3.49. The van der Waals surface area contributed by atoms with Crippen LogP contribution in [0.3, 0.4) is 0 Å². The summed E-state index contributed by atoms with van der Waals surface area (Å²) in [5, 5.41) is 4.31. The summed E-state index contributed by atoms with van der Waals surface area (Å²) in [5.41, 5.74) is 1.49. The second-order valence-electron chi connectivity index (χ2n) is 7.48. The predicted molar refractivity (Wildman–Crippen MR) is 103 cm³/mol. The Bertz CT molecular complexity index is 1020. The van der Waals surface area contributed by atoms with E-state index in [1.54, 1.807) is 25.4 Å². The first kappa shape index (κ1) is 20.5. The molecule has 0 radical (unpaired) electrons. The molecule has 0 aliphatic carbocycles. The smallest absolute Gasteiger partial charge is 0.433 e. The van der Waals surface area contributed by atoms with Crippen LogP contribution in [0.2, 0.25) is 0 Å². The van der Waals surface area contributed by atoms with Gasteiger partial charge in [-0.15, -0.1) is 0 Å². The quantitative estimate of drug-likeness (QED) is 0.630. The number of methoxy groups -OCH3 is 1. The molecule has 3 aromatic rings. The Balaban J connectivity index is 1.57. The second kappa shape index (κ2) is 8.17. The first-order chi connectivity index (χ1) is 14.4. The van der Waals surface area contributed by atoms with Gasteiger partial charge in [0.15, 0.2) is 5.65 Å². The van der Waals surface area contributed by atoms with E-state index in [9.17, 15) is 13.2 Å². The largest absolute Gasteiger partial charge is 0.467 e. The average Bonchev–Trinajstić information content (AvgIpc) is 3.17. The lowest BCUT2D eigenvalue weighted by Crippen LogP contribution is -2.34. The van der Waals surface area contributed by atoms with E-state index < -0.39 is 11.9 Å². The molecule has 1 aliphatic rings. The fourth-order valence-corrected chi connectivity index (χ4v) is 3.86. The van der Waals surface area contributed by atoms with Crippen molar-refractivity contribution in [2.45, 2.75) is 44.8 Å². The Kier molecular flexibility index (Phi) is 5.59. The van der Waals surface area contributed by atoms with Crippen LogP contribution in [-0.4, -0.2) is 49.7 Å². The molecule has 30 heavy (non-hydrogen) atoms. The Morgan fingerprint density at radius 1 is 1.20 bits per heavy atom. The van der Waals surface area contributed by atoms with E-state index in [0.29, 0.717) is 36.9 Å². The average molecular weight is 420 g/mol. The number of hydrogen-bond donors (Lipinski definition) is 0. The summed E-state index contributed by atoms with van der Waals surface area (Å²) < 4.78 is 46.5. The fraction of sp³-hybridized carbons (Fsp3) is 0.500. The number of ether oxygens (including phenoxy) is 1. The van der Waals surface area contributed by atoms with Crippen molar-refractivity contribution in [2.24, 2.45) is 0 Å². The molecule has 160 valence electrons. The van der Waals surface area contributed by atoms with E-state index in [0.717, 1.165) is 35.5 Å². The maximum atomic E-state index is 13.5. The third kappa shape index (κ3) is 4.23. The first-order valence-electron chi connectivity index (χ1n) is 9.91. The van der Waals surface area contributed by atoms with E-state index in [-0.39, 0.29) is 11.6 Å². The van der Waals surface area contributed by atoms with E-state index in [1.807, 2.05) is 0 Å². The molecular formula is C20H23F3N6O. The number of aromatic nitrogens is 5. The van der Waals surface area contributed by atoms with Crippen molar-refractivity contribution < 1.29 is 17.9 Å². The molecule has 0 aromatic carbocycles. The van der Waals surface area contributed by atoms with Crippen LogP contribution in [0.25, 0.3) is 5.65 Å². The van der Waals surface area contributed by atoms with Crippen LogP contribution in [0, 0.1) is 0 Å². The minimum atomic E-state index is -4.48. The maximum Gasteiger partial charge on any atom is 0.433 e. The number of piperidine rings is 1.